The van der Waals surface area contributed by atoms with Crippen molar-refractivity contribution in [3.63, 3.8) is 0 Å². The van der Waals surface area contributed by atoms with Gasteiger partial charge in [0.1, 0.15) is 5.75 Å². The van der Waals surface area contributed by atoms with Crippen molar-refractivity contribution in [3.8, 4) is 5.75 Å². The van der Waals surface area contributed by atoms with E-state index in [4.69, 9.17) is 10.5 Å². The second kappa shape index (κ2) is 6.28. The maximum atomic E-state index is 12.2. The Bertz CT molecular complexity index is 639. The van der Waals surface area contributed by atoms with Crippen molar-refractivity contribution in [2.45, 2.75) is 0 Å². The predicted molar refractivity (Wildman–Crippen MR) is 87.2 cm³/mol. The van der Waals surface area contributed by atoms with Gasteiger partial charge in [-0.3, -0.25) is 4.79 Å². The van der Waals surface area contributed by atoms with Gasteiger partial charge in [-0.2, -0.15) is 0 Å². The number of benzene rings is 2. The number of rotatable bonds is 3. The molecule has 0 bridgehead atoms. The van der Waals surface area contributed by atoms with Crippen LogP contribution in [-0.2, 0) is 0 Å². The minimum atomic E-state index is -0.238. The summed E-state index contributed by atoms with van der Waals surface area (Å²) in [5.74, 6) is 0.418. The Labute approximate surface area is 133 Å². The Balaban J connectivity index is 2.25. The Hall–Kier alpha value is -1.53. The number of carbonyl (C=O) groups excluding carboxylic acids is 1. The first kappa shape index (κ1) is 14.9. The average Bonchev–Trinajstić information content (AvgIpc) is 2.36. The van der Waals surface area contributed by atoms with Gasteiger partial charge in [0.15, 0.2) is 0 Å². The molecule has 0 heterocycles. The molecular formula is C14H12Br2N2O2. The van der Waals surface area contributed by atoms with E-state index in [2.05, 4.69) is 37.2 Å². The standard InChI is InChI=1S/C14H12Br2N2O2/c1-20-13-6-10(16)5-12(7-13)18-14(19)8-2-9(15)4-11(17)3-8/h2-7H,17H2,1H3,(H,18,19). The summed E-state index contributed by atoms with van der Waals surface area (Å²) in [7, 11) is 1.57. The highest BCUT2D eigenvalue weighted by atomic mass is 79.9. The Morgan fingerprint density at radius 3 is 2.45 bits per heavy atom. The first-order valence-electron chi connectivity index (χ1n) is 5.70. The van der Waals surface area contributed by atoms with Gasteiger partial charge in [-0.1, -0.05) is 31.9 Å². The third-order valence-corrected chi connectivity index (χ3v) is 3.46. The number of halogens is 2. The van der Waals surface area contributed by atoms with Crippen molar-refractivity contribution in [1.29, 1.82) is 0 Å². The van der Waals surface area contributed by atoms with E-state index in [1.807, 2.05) is 6.07 Å². The highest BCUT2D eigenvalue weighted by Gasteiger charge is 2.09. The first-order valence-corrected chi connectivity index (χ1v) is 7.28. The summed E-state index contributed by atoms with van der Waals surface area (Å²) in [6.07, 6.45) is 0. The van der Waals surface area contributed by atoms with Crippen LogP contribution in [-0.4, -0.2) is 13.0 Å². The molecule has 0 aliphatic rings. The zero-order valence-corrected chi connectivity index (χ0v) is 13.8. The van der Waals surface area contributed by atoms with Crippen LogP contribution in [0.5, 0.6) is 5.75 Å². The fourth-order valence-electron chi connectivity index (χ4n) is 1.70. The number of methoxy groups -OCH3 is 1. The number of carbonyl (C=O) groups is 1. The van der Waals surface area contributed by atoms with E-state index < -0.39 is 0 Å². The molecule has 4 nitrogen and oxygen atoms in total. The summed E-state index contributed by atoms with van der Waals surface area (Å²) in [5.41, 5.74) is 7.37. The minimum Gasteiger partial charge on any atom is -0.497 e. The molecule has 0 spiro atoms. The van der Waals surface area contributed by atoms with E-state index in [9.17, 15) is 4.79 Å². The summed E-state index contributed by atoms with van der Waals surface area (Å²) in [6.45, 7) is 0. The van der Waals surface area contributed by atoms with Crippen molar-refractivity contribution in [2.24, 2.45) is 0 Å². The van der Waals surface area contributed by atoms with Crippen LogP contribution in [0.4, 0.5) is 11.4 Å². The Kier molecular flexibility index (Phi) is 4.67. The maximum Gasteiger partial charge on any atom is 0.255 e. The molecule has 0 aliphatic carbocycles. The minimum absolute atomic E-state index is 0.238. The number of nitrogen functional groups attached to an aromatic ring is 1. The van der Waals surface area contributed by atoms with Gasteiger partial charge >= 0.3 is 0 Å². The molecule has 0 aliphatic heterocycles. The smallest absolute Gasteiger partial charge is 0.255 e. The quantitative estimate of drug-likeness (QED) is 0.765. The molecule has 20 heavy (non-hydrogen) atoms. The normalized spacial score (nSPS) is 10.2. The van der Waals surface area contributed by atoms with Crippen molar-refractivity contribution in [3.05, 3.63) is 50.9 Å². The molecular weight excluding hydrogens is 388 g/mol. The van der Waals surface area contributed by atoms with Crippen LogP contribution in [0.15, 0.2) is 45.3 Å². The van der Waals surface area contributed by atoms with Crippen LogP contribution >= 0.6 is 31.9 Å². The molecule has 0 unspecified atom stereocenters. The molecule has 2 aromatic carbocycles. The average molecular weight is 400 g/mol. The van der Waals surface area contributed by atoms with E-state index in [0.717, 1.165) is 8.95 Å². The number of ether oxygens (including phenoxy) is 1. The van der Waals surface area contributed by atoms with Crippen LogP contribution < -0.4 is 15.8 Å². The van der Waals surface area contributed by atoms with Gasteiger partial charge in [0.2, 0.25) is 0 Å². The Morgan fingerprint density at radius 1 is 1.10 bits per heavy atom. The molecule has 0 radical (unpaired) electrons. The molecule has 2 aromatic rings. The summed E-state index contributed by atoms with van der Waals surface area (Å²) < 4.78 is 6.73. The van der Waals surface area contributed by atoms with Crippen LogP contribution in [0.1, 0.15) is 10.4 Å². The number of anilines is 2. The molecule has 104 valence electrons. The van der Waals surface area contributed by atoms with Crippen LogP contribution in [0.3, 0.4) is 0 Å². The third kappa shape index (κ3) is 3.74. The number of amides is 1. The van der Waals surface area contributed by atoms with Crippen molar-refractivity contribution in [2.75, 3.05) is 18.2 Å². The maximum absolute atomic E-state index is 12.2. The van der Waals surface area contributed by atoms with E-state index in [1.54, 1.807) is 37.4 Å². The second-order valence-electron chi connectivity index (χ2n) is 4.11. The highest BCUT2D eigenvalue weighted by molar-refractivity contribution is 9.10. The van der Waals surface area contributed by atoms with E-state index >= 15 is 0 Å². The van der Waals surface area contributed by atoms with Crippen LogP contribution in [0.25, 0.3) is 0 Å². The van der Waals surface area contributed by atoms with Gasteiger partial charge in [0.05, 0.1) is 7.11 Å². The molecule has 3 N–H and O–H groups in total. The largest absolute Gasteiger partial charge is 0.497 e. The first-order chi connectivity index (χ1) is 9.47. The second-order valence-corrected chi connectivity index (χ2v) is 5.94. The van der Waals surface area contributed by atoms with Crippen molar-refractivity contribution >= 4 is 49.1 Å². The molecule has 0 atom stereocenters. The third-order valence-electron chi connectivity index (χ3n) is 2.55. The van der Waals surface area contributed by atoms with Crippen LogP contribution in [0, 0.1) is 0 Å². The zero-order chi connectivity index (χ0) is 14.7. The lowest BCUT2D eigenvalue weighted by Gasteiger charge is -2.09. The number of nitrogens with one attached hydrogen (secondary N) is 1. The highest BCUT2D eigenvalue weighted by Crippen LogP contribution is 2.25. The lowest BCUT2D eigenvalue weighted by Crippen LogP contribution is -2.12. The lowest BCUT2D eigenvalue weighted by atomic mass is 10.2. The predicted octanol–water partition coefficient (Wildman–Crippen LogP) is 4.05. The summed E-state index contributed by atoms with van der Waals surface area (Å²) in [6, 6.07) is 10.4. The molecule has 6 heteroatoms. The molecule has 0 saturated heterocycles. The fourth-order valence-corrected chi connectivity index (χ4v) is 2.68. The summed E-state index contributed by atoms with van der Waals surface area (Å²) in [4.78, 5) is 12.2. The molecule has 0 aromatic heterocycles. The number of nitrogens with two attached hydrogens (primary N) is 1. The lowest BCUT2D eigenvalue weighted by molar-refractivity contribution is 0.102. The summed E-state index contributed by atoms with van der Waals surface area (Å²) in [5, 5.41) is 2.80. The molecule has 0 saturated carbocycles. The van der Waals surface area contributed by atoms with Gasteiger partial charge in [0, 0.05) is 32.0 Å². The molecule has 0 fully saturated rings. The fraction of sp³-hybridized carbons (Fsp3) is 0.0714. The van der Waals surface area contributed by atoms with E-state index in [-0.39, 0.29) is 5.91 Å². The van der Waals surface area contributed by atoms with Gasteiger partial charge < -0.3 is 15.8 Å². The Morgan fingerprint density at radius 2 is 1.80 bits per heavy atom. The van der Waals surface area contributed by atoms with Gasteiger partial charge in [0.25, 0.3) is 5.91 Å². The van der Waals surface area contributed by atoms with Crippen molar-refractivity contribution < 1.29 is 9.53 Å². The van der Waals surface area contributed by atoms with E-state index in [1.165, 1.54) is 0 Å². The van der Waals surface area contributed by atoms with Crippen molar-refractivity contribution in [1.82, 2.24) is 0 Å². The van der Waals surface area contributed by atoms with Crippen LogP contribution in [0.2, 0.25) is 0 Å². The van der Waals surface area contributed by atoms with E-state index in [0.29, 0.717) is 22.7 Å². The SMILES string of the molecule is COc1cc(Br)cc(NC(=O)c2cc(N)cc(Br)c2)c1. The summed E-state index contributed by atoms with van der Waals surface area (Å²) >= 11 is 6.68. The van der Waals surface area contributed by atoms with Gasteiger partial charge in [-0.05, 0) is 30.3 Å². The monoisotopic (exact) mass is 398 g/mol. The number of hydrogen-bond donors (Lipinski definition) is 2. The number of hydrogen-bond acceptors (Lipinski definition) is 3. The van der Waals surface area contributed by atoms with Gasteiger partial charge in [-0.15, -0.1) is 0 Å². The molecule has 1 amide bonds. The van der Waals surface area contributed by atoms with Gasteiger partial charge in [-0.25, -0.2) is 0 Å². The topological polar surface area (TPSA) is 64.3 Å². The zero-order valence-electron chi connectivity index (χ0n) is 10.6. The molecule has 2 rings (SSSR count).